The van der Waals surface area contributed by atoms with E-state index in [0.29, 0.717) is 6.42 Å². The summed E-state index contributed by atoms with van der Waals surface area (Å²) in [4.78, 5) is 17.3. The molecule has 0 N–H and O–H groups in total. The van der Waals surface area contributed by atoms with E-state index in [1.54, 1.807) is 10.9 Å². The summed E-state index contributed by atoms with van der Waals surface area (Å²) in [6.07, 6.45) is 7.93. The van der Waals surface area contributed by atoms with Gasteiger partial charge < -0.3 is 0 Å². The van der Waals surface area contributed by atoms with E-state index in [4.69, 9.17) is 4.84 Å². The van der Waals surface area contributed by atoms with Crippen molar-refractivity contribution < 1.29 is 14.4 Å². The van der Waals surface area contributed by atoms with Crippen LogP contribution in [0.5, 0.6) is 0 Å². The van der Waals surface area contributed by atoms with Crippen LogP contribution < -0.4 is 9.57 Å². The molecule has 0 radical (unpaired) electrons. The maximum Gasteiger partial charge on any atom is 0.380 e. The lowest BCUT2D eigenvalue weighted by atomic mass is 10.1. The molecule has 0 atom stereocenters. The second-order valence-electron chi connectivity index (χ2n) is 5.02. The third-order valence-corrected chi connectivity index (χ3v) is 3.36. The van der Waals surface area contributed by atoms with Crippen LogP contribution in [0.1, 0.15) is 45.4 Å². The van der Waals surface area contributed by atoms with Crippen LogP contribution in [0, 0.1) is 0 Å². The SMILES string of the molecule is CCCCCCCC(=O)O[n+]1cccc2ccccc21. The predicted octanol–water partition coefficient (Wildman–Crippen LogP) is 3.44. The summed E-state index contributed by atoms with van der Waals surface area (Å²) in [5.41, 5.74) is 0.911. The number of unbranched alkanes of at least 4 members (excludes halogenated alkanes) is 4. The molecular weight excluding hydrogens is 250 g/mol. The van der Waals surface area contributed by atoms with E-state index >= 15 is 0 Å². The summed E-state index contributed by atoms with van der Waals surface area (Å²) in [5.74, 6) is -0.164. The second kappa shape index (κ2) is 7.63. The molecule has 2 aromatic rings. The van der Waals surface area contributed by atoms with Gasteiger partial charge in [0, 0.05) is 16.9 Å². The highest BCUT2D eigenvalue weighted by Crippen LogP contribution is 2.08. The number of hydrogen-bond acceptors (Lipinski definition) is 2. The van der Waals surface area contributed by atoms with Crippen LogP contribution in [0.15, 0.2) is 42.6 Å². The standard InChI is InChI=1S/C17H22NO2/c1-2-3-4-5-6-13-17(19)20-18-14-9-11-15-10-7-8-12-16(15)18/h7-12,14H,2-6,13H2,1H3/q+1. The van der Waals surface area contributed by atoms with Gasteiger partial charge in [-0.1, -0.05) is 44.7 Å². The van der Waals surface area contributed by atoms with Gasteiger partial charge >= 0.3 is 5.97 Å². The third-order valence-electron chi connectivity index (χ3n) is 3.36. The van der Waals surface area contributed by atoms with Crippen molar-refractivity contribution in [1.29, 1.82) is 0 Å². The normalized spacial score (nSPS) is 10.7. The molecule has 1 heterocycles. The summed E-state index contributed by atoms with van der Waals surface area (Å²) in [6, 6.07) is 11.8. The van der Waals surface area contributed by atoms with E-state index in [1.807, 2.05) is 36.4 Å². The van der Waals surface area contributed by atoms with Crippen LogP contribution in [0.3, 0.4) is 0 Å². The van der Waals surface area contributed by atoms with Crippen LogP contribution in [-0.2, 0) is 4.79 Å². The van der Waals surface area contributed by atoms with Crippen LogP contribution in [0.2, 0.25) is 0 Å². The largest absolute Gasteiger partial charge is 0.380 e. The fourth-order valence-electron chi connectivity index (χ4n) is 2.24. The van der Waals surface area contributed by atoms with Crippen molar-refractivity contribution in [3.05, 3.63) is 42.6 Å². The number of nitrogens with zero attached hydrogens (tertiary/aromatic N) is 1. The first-order valence-electron chi connectivity index (χ1n) is 7.42. The average Bonchev–Trinajstić information content (AvgIpc) is 2.47. The van der Waals surface area contributed by atoms with Gasteiger partial charge in [-0.2, -0.15) is 4.84 Å². The molecule has 0 bridgehead atoms. The van der Waals surface area contributed by atoms with Gasteiger partial charge in [0.25, 0.3) is 5.52 Å². The summed E-state index contributed by atoms with van der Waals surface area (Å²) < 4.78 is 1.56. The Balaban J connectivity index is 1.90. The van der Waals surface area contributed by atoms with Gasteiger partial charge in [0.05, 0.1) is 11.8 Å². The number of carbonyl (C=O) groups is 1. The maximum absolute atomic E-state index is 11.8. The number of hydrogen-bond donors (Lipinski definition) is 0. The fraction of sp³-hybridized carbons (Fsp3) is 0.412. The topological polar surface area (TPSA) is 30.2 Å². The maximum atomic E-state index is 11.8. The van der Waals surface area contributed by atoms with Gasteiger partial charge in [0.2, 0.25) is 6.20 Å². The third kappa shape index (κ3) is 4.05. The minimum atomic E-state index is -0.164. The molecule has 2 rings (SSSR count). The van der Waals surface area contributed by atoms with Gasteiger partial charge in [0.1, 0.15) is 0 Å². The smallest absolute Gasteiger partial charge is 0.245 e. The number of carbonyl (C=O) groups excluding carboxylic acids is 1. The molecule has 1 aromatic carbocycles. The quantitative estimate of drug-likeness (QED) is 0.571. The Labute approximate surface area is 120 Å². The molecule has 0 unspecified atom stereocenters. The van der Waals surface area contributed by atoms with Gasteiger partial charge in [-0.15, -0.1) is 0 Å². The number of pyridine rings is 1. The van der Waals surface area contributed by atoms with Crippen LogP contribution >= 0.6 is 0 Å². The molecule has 0 aliphatic rings. The molecule has 0 spiro atoms. The molecular formula is C17H22NO2+. The first kappa shape index (κ1) is 14.5. The Morgan fingerprint density at radius 2 is 1.80 bits per heavy atom. The van der Waals surface area contributed by atoms with Crippen LogP contribution in [0.25, 0.3) is 10.9 Å². The van der Waals surface area contributed by atoms with Crippen molar-refractivity contribution >= 4 is 16.9 Å². The Bertz CT molecular complexity index is 560. The van der Waals surface area contributed by atoms with E-state index in [9.17, 15) is 4.79 Å². The molecule has 0 saturated carbocycles. The highest BCUT2D eigenvalue weighted by atomic mass is 16.7. The first-order chi connectivity index (χ1) is 9.81. The molecule has 0 amide bonds. The van der Waals surface area contributed by atoms with Crippen molar-refractivity contribution in [2.75, 3.05) is 0 Å². The molecule has 1 aromatic heterocycles. The lowest BCUT2D eigenvalue weighted by Crippen LogP contribution is -2.46. The molecule has 0 aliphatic heterocycles. The van der Waals surface area contributed by atoms with E-state index in [-0.39, 0.29) is 5.97 Å². The van der Waals surface area contributed by atoms with Crippen molar-refractivity contribution in [3.63, 3.8) is 0 Å². The molecule has 3 nitrogen and oxygen atoms in total. The molecule has 20 heavy (non-hydrogen) atoms. The van der Waals surface area contributed by atoms with Gasteiger partial charge in [-0.25, -0.2) is 4.79 Å². The minimum absolute atomic E-state index is 0.164. The summed E-state index contributed by atoms with van der Waals surface area (Å²) >= 11 is 0. The van der Waals surface area contributed by atoms with Crippen molar-refractivity contribution in [2.45, 2.75) is 45.4 Å². The zero-order valence-electron chi connectivity index (χ0n) is 12.0. The van der Waals surface area contributed by atoms with Crippen molar-refractivity contribution in [1.82, 2.24) is 0 Å². The highest BCUT2D eigenvalue weighted by Gasteiger charge is 2.14. The number of fused-ring (bicyclic) bond motifs is 1. The molecule has 106 valence electrons. The van der Waals surface area contributed by atoms with Gasteiger partial charge in [-0.05, 0) is 18.6 Å². The van der Waals surface area contributed by atoms with Crippen molar-refractivity contribution in [2.24, 2.45) is 0 Å². The average molecular weight is 272 g/mol. The lowest BCUT2D eigenvalue weighted by Gasteiger charge is -2.00. The number of para-hydroxylation sites is 1. The summed E-state index contributed by atoms with van der Waals surface area (Å²) in [7, 11) is 0. The van der Waals surface area contributed by atoms with Gasteiger partial charge in [-0.3, -0.25) is 0 Å². The summed E-state index contributed by atoms with van der Waals surface area (Å²) in [6.45, 7) is 2.19. The number of benzene rings is 1. The van der Waals surface area contributed by atoms with Crippen molar-refractivity contribution in [3.8, 4) is 0 Å². The lowest BCUT2D eigenvalue weighted by molar-refractivity contribution is -0.848. The monoisotopic (exact) mass is 272 g/mol. The number of rotatable bonds is 7. The predicted molar refractivity (Wildman–Crippen MR) is 79.1 cm³/mol. The Hall–Kier alpha value is -1.90. The molecule has 0 saturated heterocycles. The Morgan fingerprint density at radius 3 is 2.65 bits per heavy atom. The van der Waals surface area contributed by atoms with E-state index < -0.39 is 0 Å². The number of aromatic nitrogens is 1. The molecule has 0 aliphatic carbocycles. The highest BCUT2D eigenvalue weighted by molar-refractivity contribution is 5.75. The van der Waals surface area contributed by atoms with Crippen LogP contribution in [-0.4, -0.2) is 5.97 Å². The van der Waals surface area contributed by atoms with Gasteiger partial charge in [0.15, 0.2) is 0 Å². The zero-order valence-corrected chi connectivity index (χ0v) is 12.0. The van der Waals surface area contributed by atoms with Crippen LogP contribution in [0.4, 0.5) is 0 Å². The van der Waals surface area contributed by atoms with E-state index in [0.717, 1.165) is 23.7 Å². The molecule has 3 heteroatoms. The van der Waals surface area contributed by atoms with E-state index in [1.165, 1.54) is 19.3 Å². The Morgan fingerprint density at radius 1 is 1.05 bits per heavy atom. The zero-order chi connectivity index (χ0) is 14.2. The summed E-state index contributed by atoms with van der Waals surface area (Å²) in [5, 5.41) is 1.06. The fourth-order valence-corrected chi connectivity index (χ4v) is 2.24. The molecule has 0 fully saturated rings. The Kier molecular flexibility index (Phi) is 5.54. The minimum Gasteiger partial charge on any atom is -0.245 e. The first-order valence-corrected chi connectivity index (χ1v) is 7.42. The second-order valence-corrected chi connectivity index (χ2v) is 5.02. The van der Waals surface area contributed by atoms with E-state index in [2.05, 4.69) is 6.92 Å².